The lowest BCUT2D eigenvalue weighted by Crippen LogP contribution is -2.24. The molecular formula is C22H16F3N3O4. The summed E-state index contributed by atoms with van der Waals surface area (Å²) in [7, 11) is 0. The highest BCUT2D eigenvalue weighted by molar-refractivity contribution is 6.33. The summed E-state index contributed by atoms with van der Waals surface area (Å²) in [5, 5.41) is 11.7. The zero-order chi connectivity index (χ0) is 23.0. The Bertz CT molecular complexity index is 1170. The van der Waals surface area contributed by atoms with Crippen molar-refractivity contribution in [2.45, 2.75) is 25.1 Å². The van der Waals surface area contributed by atoms with Crippen LogP contribution in [0.1, 0.15) is 28.2 Å². The second-order valence-electron chi connectivity index (χ2n) is 7.31. The highest BCUT2D eigenvalue weighted by Crippen LogP contribution is 2.50. The minimum Gasteiger partial charge on any atom is -0.481 e. The molecule has 164 valence electrons. The van der Waals surface area contributed by atoms with E-state index in [4.69, 9.17) is 0 Å². The predicted molar refractivity (Wildman–Crippen MR) is 109 cm³/mol. The highest BCUT2D eigenvalue weighted by atomic mass is 19.4. The minimum atomic E-state index is -4.45. The number of ketones is 1. The zero-order valence-electron chi connectivity index (χ0n) is 16.4. The number of carbonyl (C=O) groups is 3. The van der Waals surface area contributed by atoms with Gasteiger partial charge in [-0.2, -0.15) is 13.2 Å². The molecule has 2 N–H and O–H groups in total. The summed E-state index contributed by atoms with van der Waals surface area (Å²) in [6.45, 7) is 0.148. The van der Waals surface area contributed by atoms with Crippen molar-refractivity contribution >= 4 is 35.8 Å². The number of anilines is 2. The van der Waals surface area contributed by atoms with Gasteiger partial charge in [0.05, 0.1) is 35.5 Å². The quantitative estimate of drug-likeness (QED) is 0.666. The maximum absolute atomic E-state index is 12.9. The van der Waals surface area contributed by atoms with Gasteiger partial charge in [-0.1, -0.05) is 18.2 Å². The third-order valence-corrected chi connectivity index (χ3v) is 5.36. The number of nitrogens with zero attached hydrogens (tertiary/aromatic N) is 2. The van der Waals surface area contributed by atoms with Crippen molar-refractivity contribution in [3.05, 3.63) is 70.5 Å². The maximum atomic E-state index is 12.9. The highest BCUT2D eigenvalue weighted by Gasteiger charge is 2.41. The van der Waals surface area contributed by atoms with Gasteiger partial charge in [0.2, 0.25) is 6.41 Å². The average molecular weight is 443 g/mol. The number of carbonyl (C=O) groups excluding carboxylic acids is 2. The number of hydrogen-bond acceptors (Lipinski definition) is 5. The van der Waals surface area contributed by atoms with Crippen LogP contribution in [0.3, 0.4) is 0 Å². The molecule has 2 aliphatic rings. The molecular weight excluding hydrogens is 427 g/mol. The molecule has 1 atom stereocenters. The third-order valence-electron chi connectivity index (χ3n) is 5.36. The Balaban J connectivity index is 1.80. The standard InChI is InChI=1S/C22H16F3N3O4/c23-22(24,25)14-4-1-12(2-5-14)10-28-15-6-3-13(7-18(31)32)21(27-11-29)20(15)19-16(28)8-26-9-17(19)30/h1-6,8-9,11,19H,7,10H2,(H,27,29)(H,31,32). The van der Waals surface area contributed by atoms with Gasteiger partial charge < -0.3 is 15.3 Å². The molecule has 4 rings (SSSR count). The van der Waals surface area contributed by atoms with Gasteiger partial charge in [0.1, 0.15) is 0 Å². The summed E-state index contributed by atoms with van der Waals surface area (Å²) < 4.78 is 38.6. The van der Waals surface area contributed by atoms with E-state index in [0.29, 0.717) is 34.5 Å². The van der Waals surface area contributed by atoms with Crippen LogP contribution >= 0.6 is 0 Å². The molecule has 0 radical (unpaired) electrons. The number of allylic oxidation sites excluding steroid dienone is 1. The molecule has 0 fully saturated rings. The molecule has 0 bridgehead atoms. The van der Waals surface area contributed by atoms with E-state index in [0.717, 1.165) is 18.3 Å². The lowest BCUT2D eigenvalue weighted by atomic mass is 9.90. The van der Waals surface area contributed by atoms with Gasteiger partial charge in [-0.15, -0.1) is 0 Å². The molecule has 32 heavy (non-hydrogen) atoms. The van der Waals surface area contributed by atoms with E-state index >= 15 is 0 Å². The molecule has 0 aromatic heterocycles. The molecule has 0 saturated heterocycles. The SMILES string of the molecule is O=CNc1c(CC(=O)O)ccc2c1C1C(=O)C=NC=C1N2Cc1ccc(C(F)(F)F)cc1. The second-order valence-corrected chi connectivity index (χ2v) is 7.31. The molecule has 1 unspecified atom stereocenters. The van der Waals surface area contributed by atoms with Crippen molar-refractivity contribution in [3.8, 4) is 0 Å². The Morgan fingerprint density at radius 3 is 2.53 bits per heavy atom. The summed E-state index contributed by atoms with van der Waals surface area (Å²) in [6, 6.07) is 7.86. The van der Waals surface area contributed by atoms with Crippen LogP contribution in [-0.4, -0.2) is 29.5 Å². The van der Waals surface area contributed by atoms with E-state index in [1.165, 1.54) is 18.3 Å². The number of benzene rings is 2. The molecule has 2 aliphatic heterocycles. The number of rotatable bonds is 6. The fraction of sp³-hybridized carbons (Fsp3) is 0.182. The van der Waals surface area contributed by atoms with Crippen LogP contribution < -0.4 is 10.2 Å². The fourth-order valence-corrected chi connectivity index (χ4v) is 4.02. The summed E-state index contributed by atoms with van der Waals surface area (Å²) in [5.74, 6) is -2.26. The third kappa shape index (κ3) is 3.75. The molecule has 10 heteroatoms. The van der Waals surface area contributed by atoms with Gasteiger partial charge in [-0.3, -0.25) is 19.4 Å². The topological polar surface area (TPSA) is 99.1 Å². The van der Waals surface area contributed by atoms with Gasteiger partial charge in [0.15, 0.2) is 5.78 Å². The average Bonchev–Trinajstić information content (AvgIpc) is 3.04. The van der Waals surface area contributed by atoms with E-state index in [1.54, 1.807) is 17.0 Å². The van der Waals surface area contributed by atoms with Crippen LogP contribution in [0.25, 0.3) is 0 Å². The van der Waals surface area contributed by atoms with Crippen molar-refractivity contribution in [2.75, 3.05) is 10.2 Å². The van der Waals surface area contributed by atoms with Gasteiger partial charge in [-0.25, -0.2) is 0 Å². The molecule has 0 spiro atoms. The first kappa shape index (κ1) is 21.3. The van der Waals surface area contributed by atoms with Gasteiger partial charge >= 0.3 is 12.1 Å². The Labute approximate surface area is 179 Å². The largest absolute Gasteiger partial charge is 0.481 e. The van der Waals surface area contributed by atoms with E-state index in [1.807, 2.05) is 0 Å². The molecule has 2 aromatic rings. The second kappa shape index (κ2) is 7.95. The number of hydrogen-bond donors (Lipinski definition) is 2. The van der Waals surface area contributed by atoms with Crippen molar-refractivity contribution in [3.63, 3.8) is 0 Å². The Hall–Kier alpha value is -3.95. The first-order chi connectivity index (χ1) is 15.2. The number of Topliss-reactive ketones (excluding diaryl/α,β-unsaturated/α-hetero) is 1. The number of aliphatic imine (C=N–C) groups is 1. The summed E-state index contributed by atoms with van der Waals surface area (Å²) in [5.41, 5.74) is 1.82. The lowest BCUT2D eigenvalue weighted by Gasteiger charge is -2.23. The van der Waals surface area contributed by atoms with Crippen molar-refractivity contribution in [2.24, 2.45) is 4.99 Å². The first-order valence-corrected chi connectivity index (χ1v) is 9.49. The normalized spacial score (nSPS) is 17.0. The number of halogens is 3. The summed E-state index contributed by atoms with van der Waals surface area (Å²) in [4.78, 5) is 40.9. The van der Waals surface area contributed by atoms with Crippen LogP contribution in [0.15, 0.2) is 53.3 Å². The Morgan fingerprint density at radius 1 is 1.19 bits per heavy atom. The zero-order valence-corrected chi connectivity index (χ0v) is 16.4. The van der Waals surface area contributed by atoms with Crippen LogP contribution in [0, 0.1) is 0 Å². The van der Waals surface area contributed by atoms with Crippen molar-refractivity contribution < 1.29 is 32.7 Å². The van der Waals surface area contributed by atoms with Gasteiger partial charge in [0, 0.05) is 24.0 Å². The Morgan fingerprint density at radius 2 is 1.91 bits per heavy atom. The van der Waals surface area contributed by atoms with E-state index in [2.05, 4.69) is 10.3 Å². The Kier molecular flexibility index (Phi) is 5.29. The molecule has 1 amide bonds. The summed E-state index contributed by atoms with van der Waals surface area (Å²) >= 11 is 0. The number of aliphatic carboxylic acids is 1. The lowest BCUT2D eigenvalue weighted by molar-refractivity contribution is -0.138. The van der Waals surface area contributed by atoms with Crippen molar-refractivity contribution in [1.29, 1.82) is 0 Å². The van der Waals surface area contributed by atoms with E-state index in [9.17, 15) is 32.7 Å². The number of alkyl halides is 3. The van der Waals surface area contributed by atoms with E-state index in [-0.39, 0.29) is 24.4 Å². The van der Waals surface area contributed by atoms with Crippen LogP contribution in [0.5, 0.6) is 0 Å². The molecule has 7 nitrogen and oxygen atoms in total. The number of carboxylic acids is 1. The number of carboxylic acid groups (broad SMARTS) is 1. The van der Waals surface area contributed by atoms with Gasteiger partial charge in [-0.05, 0) is 29.3 Å². The smallest absolute Gasteiger partial charge is 0.416 e. The minimum absolute atomic E-state index is 0.148. The fourth-order valence-electron chi connectivity index (χ4n) is 4.02. The molecule has 0 saturated carbocycles. The maximum Gasteiger partial charge on any atom is 0.416 e. The van der Waals surface area contributed by atoms with Gasteiger partial charge in [0.25, 0.3) is 0 Å². The number of nitrogens with one attached hydrogen (secondary N) is 1. The predicted octanol–water partition coefficient (Wildman–Crippen LogP) is 3.50. The number of fused-ring (bicyclic) bond motifs is 3. The summed E-state index contributed by atoms with van der Waals surface area (Å²) in [6.07, 6.45) is -1.78. The molecule has 2 heterocycles. The van der Waals surface area contributed by atoms with Crippen molar-refractivity contribution in [1.82, 2.24) is 0 Å². The number of amides is 1. The van der Waals surface area contributed by atoms with E-state index < -0.39 is 23.6 Å². The first-order valence-electron chi connectivity index (χ1n) is 9.49. The van der Waals surface area contributed by atoms with Crippen LogP contribution in [0.2, 0.25) is 0 Å². The molecule has 0 aliphatic carbocycles. The molecule has 2 aromatic carbocycles. The monoisotopic (exact) mass is 443 g/mol. The van der Waals surface area contributed by atoms with Crippen LogP contribution in [0.4, 0.5) is 24.5 Å². The van der Waals surface area contributed by atoms with Crippen LogP contribution in [-0.2, 0) is 33.5 Å².